The molecule has 2 aromatic rings. The number of rotatable bonds is 8. The van der Waals surface area contributed by atoms with Crippen LogP contribution in [-0.4, -0.2) is 43.0 Å². The van der Waals surface area contributed by atoms with Gasteiger partial charge >= 0.3 is 0 Å². The van der Waals surface area contributed by atoms with Gasteiger partial charge in [-0.3, -0.25) is 9.59 Å². The molecule has 0 aliphatic carbocycles. The minimum atomic E-state index is -0.576. The first-order chi connectivity index (χ1) is 14.6. The van der Waals surface area contributed by atoms with E-state index in [2.05, 4.69) is 34.6 Å². The van der Waals surface area contributed by atoms with E-state index < -0.39 is 6.04 Å². The molecule has 1 aliphatic heterocycles. The van der Waals surface area contributed by atoms with Gasteiger partial charge in [0, 0.05) is 30.0 Å². The molecule has 1 fully saturated rings. The maximum Gasteiger partial charge on any atom is 0.251 e. The van der Waals surface area contributed by atoms with Crippen LogP contribution in [0.25, 0.3) is 0 Å². The maximum absolute atomic E-state index is 12.9. The van der Waals surface area contributed by atoms with Crippen molar-refractivity contribution in [1.82, 2.24) is 5.32 Å². The van der Waals surface area contributed by atoms with Gasteiger partial charge in [-0.25, -0.2) is 0 Å². The Labute approximate surface area is 183 Å². The standard InChI is InChI=1S/C24H31N3O2S/c1-18-12-15-27(16-13-18)21-10-8-20(9-11-21)25-24(29)22(14-17-30-2)26-23(28)19-6-4-3-5-7-19/h3-11,18,22H,12-17H2,1-2H3,(H,25,29)(H,26,28)/t22-/m1/s1. The predicted molar refractivity (Wildman–Crippen MR) is 126 cm³/mol. The summed E-state index contributed by atoms with van der Waals surface area (Å²) in [6.07, 6.45) is 5.01. The van der Waals surface area contributed by atoms with Crippen LogP contribution in [0.1, 0.15) is 36.5 Å². The summed E-state index contributed by atoms with van der Waals surface area (Å²) in [7, 11) is 0. The van der Waals surface area contributed by atoms with Gasteiger partial charge in [0.15, 0.2) is 0 Å². The van der Waals surface area contributed by atoms with E-state index >= 15 is 0 Å². The molecule has 30 heavy (non-hydrogen) atoms. The topological polar surface area (TPSA) is 61.4 Å². The number of carbonyl (C=O) groups is 2. The maximum atomic E-state index is 12.9. The third-order valence-electron chi connectivity index (χ3n) is 5.55. The molecule has 2 aromatic carbocycles. The quantitative estimate of drug-likeness (QED) is 0.658. The van der Waals surface area contributed by atoms with Gasteiger partial charge in [-0.15, -0.1) is 0 Å². The number of amides is 2. The van der Waals surface area contributed by atoms with Crippen LogP contribution in [0.2, 0.25) is 0 Å². The van der Waals surface area contributed by atoms with Crippen LogP contribution in [0.4, 0.5) is 11.4 Å². The molecule has 0 bridgehead atoms. The highest BCUT2D eigenvalue weighted by molar-refractivity contribution is 7.98. The van der Waals surface area contributed by atoms with Gasteiger partial charge in [0.1, 0.15) is 6.04 Å². The van der Waals surface area contributed by atoms with Crippen LogP contribution < -0.4 is 15.5 Å². The van der Waals surface area contributed by atoms with Crippen molar-refractivity contribution in [3.8, 4) is 0 Å². The van der Waals surface area contributed by atoms with E-state index in [1.165, 1.54) is 18.5 Å². The lowest BCUT2D eigenvalue weighted by Gasteiger charge is -2.32. The van der Waals surface area contributed by atoms with Crippen LogP contribution in [0, 0.1) is 5.92 Å². The van der Waals surface area contributed by atoms with Gasteiger partial charge in [-0.1, -0.05) is 25.1 Å². The smallest absolute Gasteiger partial charge is 0.251 e. The lowest BCUT2D eigenvalue weighted by molar-refractivity contribution is -0.118. The monoisotopic (exact) mass is 425 g/mol. The predicted octanol–water partition coefficient (Wildman–Crippen LogP) is 4.41. The van der Waals surface area contributed by atoms with Gasteiger partial charge in [0.25, 0.3) is 5.91 Å². The molecule has 0 radical (unpaired) electrons. The summed E-state index contributed by atoms with van der Waals surface area (Å²) in [6.45, 7) is 4.46. The van der Waals surface area contributed by atoms with Crippen LogP contribution in [0.3, 0.4) is 0 Å². The van der Waals surface area contributed by atoms with Crippen molar-refractivity contribution in [2.75, 3.05) is 35.3 Å². The second kappa shape index (κ2) is 11.1. The molecule has 0 unspecified atom stereocenters. The molecule has 0 saturated carbocycles. The number of piperidine rings is 1. The SMILES string of the molecule is CSCC[C@@H](NC(=O)c1ccccc1)C(=O)Nc1ccc(N2CCC(C)CC2)cc1. The molecule has 0 spiro atoms. The summed E-state index contributed by atoms with van der Waals surface area (Å²) in [4.78, 5) is 27.8. The highest BCUT2D eigenvalue weighted by Crippen LogP contribution is 2.24. The molecule has 1 saturated heterocycles. The normalized spacial score (nSPS) is 15.5. The number of nitrogens with zero attached hydrogens (tertiary/aromatic N) is 1. The number of hydrogen-bond acceptors (Lipinski definition) is 4. The molecule has 160 valence electrons. The Morgan fingerprint density at radius 2 is 1.73 bits per heavy atom. The summed E-state index contributed by atoms with van der Waals surface area (Å²) in [5.41, 5.74) is 2.49. The second-order valence-corrected chi connectivity index (χ2v) is 8.86. The summed E-state index contributed by atoms with van der Waals surface area (Å²) in [6, 6.07) is 16.4. The van der Waals surface area contributed by atoms with Crippen molar-refractivity contribution in [2.45, 2.75) is 32.2 Å². The number of benzene rings is 2. The Bertz CT molecular complexity index is 818. The molecule has 2 N–H and O–H groups in total. The summed E-state index contributed by atoms with van der Waals surface area (Å²) < 4.78 is 0. The molecular weight excluding hydrogens is 394 g/mol. The third-order valence-corrected chi connectivity index (χ3v) is 6.20. The van der Waals surface area contributed by atoms with Crippen molar-refractivity contribution in [1.29, 1.82) is 0 Å². The lowest BCUT2D eigenvalue weighted by Crippen LogP contribution is -2.44. The molecule has 5 nitrogen and oxygen atoms in total. The minimum Gasteiger partial charge on any atom is -0.372 e. The van der Waals surface area contributed by atoms with Gasteiger partial charge in [0.05, 0.1) is 0 Å². The molecule has 3 rings (SSSR count). The van der Waals surface area contributed by atoms with E-state index in [9.17, 15) is 9.59 Å². The molecule has 1 heterocycles. The first-order valence-electron chi connectivity index (χ1n) is 10.6. The average Bonchev–Trinajstić information content (AvgIpc) is 2.78. The van der Waals surface area contributed by atoms with E-state index in [0.29, 0.717) is 12.0 Å². The second-order valence-electron chi connectivity index (χ2n) is 7.88. The van der Waals surface area contributed by atoms with Gasteiger partial charge in [-0.2, -0.15) is 11.8 Å². The number of thioether (sulfide) groups is 1. The Morgan fingerprint density at radius 3 is 2.37 bits per heavy atom. The van der Waals surface area contributed by atoms with Crippen LogP contribution in [0.5, 0.6) is 0 Å². The molecule has 6 heteroatoms. The molecule has 0 aromatic heterocycles. The molecule has 1 aliphatic rings. The highest BCUT2D eigenvalue weighted by Gasteiger charge is 2.21. The number of carbonyl (C=O) groups excluding carboxylic acids is 2. The Balaban J connectivity index is 1.61. The zero-order chi connectivity index (χ0) is 21.3. The van der Waals surface area contributed by atoms with Gasteiger partial charge in [0.2, 0.25) is 5.91 Å². The van der Waals surface area contributed by atoms with Crippen molar-refractivity contribution in [2.24, 2.45) is 5.92 Å². The van der Waals surface area contributed by atoms with Crippen LogP contribution in [-0.2, 0) is 4.79 Å². The van der Waals surface area contributed by atoms with Gasteiger partial charge < -0.3 is 15.5 Å². The zero-order valence-corrected chi connectivity index (χ0v) is 18.6. The van der Waals surface area contributed by atoms with Crippen LogP contribution >= 0.6 is 11.8 Å². The number of nitrogens with one attached hydrogen (secondary N) is 2. The van der Waals surface area contributed by atoms with Crippen molar-refractivity contribution < 1.29 is 9.59 Å². The molecule has 1 atom stereocenters. The lowest BCUT2D eigenvalue weighted by atomic mass is 9.99. The summed E-state index contributed by atoms with van der Waals surface area (Å²) in [5.74, 6) is 1.17. The highest BCUT2D eigenvalue weighted by atomic mass is 32.2. The van der Waals surface area contributed by atoms with E-state index in [0.717, 1.165) is 30.4 Å². The summed E-state index contributed by atoms with van der Waals surface area (Å²) in [5, 5.41) is 5.85. The fourth-order valence-corrected chi connectivity index (χ4v) is 4.06. The van der Waals surface area contributed by atoms with Crippen molar-refractivity contribution in [3.63, 3.8) is 0 Å². The van der Waals surface area contributed by atoms with Gasteiger partial charge in [-0.05, 0) is 73.6 Å². The van der Waals surface area contributed by atoms with Crippen molar-refractivity contribution in [3.05, 3.63) is 60.2 Å². The fraction of sp³-hybridized carbons (Fsp3) is 0.417. The summed E-state index contributed by atoms with van der Waals surface area (Å²) >= 11 is 1.66. The van der Waals surface area contributed by atoms with E-state index in [1.54, 1.807) is 23.9 Å². The third kappa shape index (κ3) is 6.26. The molecular formula is C24H31N3O2S. The van der Waals surface area contributed by atoms with E-state index in [4.69, 9.17) is 0 Å². The van der Waals surface area contributed by atoms with E-state index in [-0.39, 0.29) is 11.8 Å². The number of hydrogen-bond donors (Lipinski definition) is 2. The minimum absolute atomic E-state index is 0.187. The van der Waals surface area contributed by atoms with Crippen LogP contribution in [0.15, 0.2) is 54.6 Å². The largest absolute Gasteiger partial charge is 0.372 e. The van der Waals surface area contributed by atoms with Crippen molar-refractivity contribution >= 4 is 35.0 Å². The number of anilines is 2. The van der Waals surface area contributed by atoms with E-state index in [1.807, 2.05) is 36.6 Å². The Kier molecular flexibility index (Phi) is 8.20. The fourth-order valence-electron chi connectivity index (χ4n) is 3.59. The molecule has 2 amide bonds. The first-order valence-corrected chi connectivity index (χ1v) is 12.0. The Hall–Kier alpha value is -2.47. The Morgan fingerprint density at radius 1 is 1.07 bits per heavy atom. The average molecular weight is 426 g/mol. The zero-order valence-electron chi connectivity index (χ0n) is 17.8. The first kappa shape index (κ1) is 22.2.